The molecule has 1 amide bonds. The average molecular weight is 288 g/mol. The van der Waals surface area contributed by atoms with Crippen molar-refractivity contribution >= 4 is 11.6 Å². The van der Waals surface area contributed by atoms with E-state index in [9.17, 15) is 18.0 Å². The maximum absolute atomic E-state index is 13.5. The topological polar surface area (TPSA) is 50.4 Å². The van der Waals surface area contributed by atoms with Crippen molar-refractivity contribution in [3.63, 3.8) is 0 Å². The number of methoxy groups -OCH3 is 1. The standard InChI is InChI=1S/C13H15F3N2O2/c1-20-13(2-4-17-5-3-13)12(19)18-11-7-9(15)8(14)6-10(11)16/h6-7,17H,2-5H2,1H3,(H,18,19). The number of piperidine rings is 1. The third-order valence-corrected chi connectivity index (χ3v) is 3.47. The summed E-state index contributed by atoms with van der Waals surface area (Å²) in [6.45, 7) is 1.17. The molecule has 0 bridgehead atoms. The first-order valence-electron chi connectivity index (χ1n) is 6.20. The fraction of sp³-hybridized carbons (Fsp3) is 0.462. The van der Waals surface area contributed by atoms with Gasteiger partial charge in [0.05, 0.1) is 5.69 Å². The van der Waals surface area contributed by atoms with Gasteiger partial charge in [-0.15, -0.1) is 0 Å². The van der Waals surface area contributed by atoms with Crippen molar-refractivity contribution < 1.29 is 22.7 Å². The Kier molecular flexibility index (Phi) is 4.29. The number of carbonyl (C=O) groups is 1. The lowest BCUT2D eigenvalue weighted by atomic mass is 9.91. The van der Waals surface area contributed by atoms with Gasteiger partial charge < -0.3 is 15.4 Å². The van der Waals surface area contributed by atoms with Crippen molar-refractivity contribution in [1.29, 1.82) is 0 Å². The van der Waals surface area contributed by atoms with Crippen molar-refractivity contribution in [2.24, 2.45) is 0 Å². The van der Waals surface area contributed by atoms with E-state index >= 15 is 0 Å². The van der Waals surface area contributed by atoms with Gasteiger partial charge in [-0.25, -0.2) is 13.2 Å². The first-order valence-corrected chi connectivity index (χ1v) is 6.20. The average Bonchev–Trinajstić information content (AvgIpc) is 2.45. The van der Waals surface area contributed by atoms with Crippen LogP contribution < -0.4 is 10.6 Å². The van der Waals surface area contributed by atoms with Crippen LogP contribution in [0.5, 0.6) is 0 Å². The van der Waals surface area contributed by atoms with Gasteiger partial charge in [-0.3, -0.25) is 4.79 Å². The van der Waals surface area contributed by atoms with Gasteiger partial charge >= 0.3 is 0 Å². The predicted octanol–water partition coefficient (Wildman–Crippen LogP) is 1.81. The first-order chi connectivity index (χ1) is 9.48. The largest absolute Gasteiger partial charge is 0.368 e. The highest BCUT2D eigenvalue weighted by Crippen LogP contribution is 2.26. The molecule has 0 unspecified atom stereocenters. The zero-order chi connectivity index (χ0) is 14.8. The van der Waals surface area contributed by atoms with Crippen LogP contribution in [0.2, 0.25) is 0 Å². The number of hydrogen-bond donors (Lipinski definition) is 2. The van der Waals surface area contributed by atoms with E-state index in [1.165, 1.54) is 7.11 Å². The molecule has 0 spiro atoms. The Balaban J connectivity index is 2.20. The minimum Gasteiger partial charge on any atom is -0.368 e. The molecule has 0 saturated carbocycles. The Morgan fingerprint density at radius 1 is 1.20 bits per heavy atom. The van der Waals surface area contributed by atoms with Gasteiger partial charge in [0.1, 0.15) is 11.4 Å². The molecular formula is C13H15F3N2O2. The van der Waals surface area contributed by atoms with Crippen LogP contribution in [0.4, 0.5) is 18.9 Å². The highest BCUT2D eigenvalue weighted by atomic mass is 19.2. The summed E-state index contributed by atoms with van der Waals surface area (Å²) < 4.78 is 44.7. The summed E-state index contributed by atoms with van der Waals surface area (Å²) in [4.78, 5) is 12.2. The Morgan fingerprint density at radius 3 is 2.40 bits per heavy atom. The molecular weight excluding hydrogens is 273 g/mol. The molecule has 4 nitrogen and oxygen atoms in total. The van der Waals surface area contributed by atoms with Crippen LogP contribution >= 0.6 is 0 Å². The zero-order valence-electron chi connectivity index (χ0n) is 10.9. The molecule has 1 aliphatic heterocycles. The molecule has 1 aliphatic rings. The van der Waals surface area contributed by atoms with Crippen molar-refractivity contribution in [3.05, 3.63) is 29.6 Å². The quantitative estimate of drug-likeness (QED) is 0.834. The lowest BCUT2D eigenvalue weighted by Gasteiger charge is -2.34. The number of ether oxygens (including phenoxy) is 1. The van der Waals surface area contributed by atoms with Gasteiger partial charge in [0, 0.05) is 19.2 Å². The summed E-state index contributed by atoms with van der Waals surface area (Å²) in [5, 5.41) is 5.34. The molecule has 7 heteroatoms. The lowest BCUT2D eigenvalue weighted by molar-refractivity contribution is -0.140. The molecule has 1 heterocycles. The first kappa shape index (κ1) is 14.8. The number of rotatable bonds is 3. The van der Waals surface area contributed by atoms with Crippen LogP contribution in [0.3, 0.4) is 0 Å². The van der Waals surface area contributed by atoms with Crippen LogP contribution in [0, 0.1) is 17.5 Å². The maximum atomic E-state index is 13.5. The summed E-state index contributed by atoms with van der Waals surface area (Å²) in [7, 11) is 1.40. The second kappa shape index (κ2) is 5.80. The number of hydrogen-bond acceptors (Lipinski definition) is 3. The van der Waals surface area contributed by atoms with Crippen LogP contribution in [-0.4, -0.2) is 31.7 Å². The summed E-state index contributed by atoms with van der Waals surface area (Å²) in [6, 6.07) is 1.01. The fourth-order valence-corrected chi connectivity index (χ4v) is 2.21. The van der Waals surface area contributed by atoms with Gasteiger partial charge in [-0.2, -0.15) is 0 Å². The molecule has 110 valence electrons. The molecule has 0 radical (unpaired) electrons. The minimum absolute atomic E-state index is 0.396. The van der Waals surface area contributed by atoms with E-state index in [1.54, 1.807) is 0 Å². The van der Waals surface area contributed by atoms with Crippen LogP contribution in [-0.2, 0) is 9.53 Å². The summed E-state index contributed by atoms with van der Waals surface area (Å²) >= 11 is 0. The maximum Gasteiger partial charge on any atom is 0.256 e. The normalized spacial score (nSPS) is 17.8. The number of anilines is 1. The third-order valence-electron chi connectivity index (χ3n) is 3.47. The van der Waals surface area contributed by atoms with E-state index in [-0.39, 0.29) is 0 Å². The molecule has 1 aromatic carbocycles. The van der Waals surface area contributed by atoms with Crippen LogP contribution in [0.15, 0.2) is 12.1 Å². The second-order valence-electron chi connectivity index (χ2n) is 4.65. The lowest BCUT2D eigenvalue weighted by Crippen LogP contribution is -2.51. The van der Waals surface area contributed by atoms with Gasteiger partial charge in [-0.05, 0) is 25.9 Å². The Hall–Kier alpha value is -1.60. The zero-order valence-corrected chi connectivity index (χ0v) is 10.9. The molecule has 2 rings (SSSR count). The highest BCUT2D eigenvalue weighted by Gasteiger charge is 2.40. The molecule has 20 heavy (non-hydrogen) atoms. The molecule has 1 saturated heterocycles. The highest BCUT2D eigenvalue weighted by molar-refractivity contribution is 5.97. The summed E-state index contributed by atoms with van der Waals surface area (Å²) in [6.07, 6.45) is 0.835. The van der Waals surface area contributed by atoms with Crippen molar-refractivity contribution in [2.75, 3.05) is 25.5 Å². The minimum atomic E-state index is -1.30. The van der Waals surface area contributed by atoms with E-state index in [2.05, 4.69) is 10.6 Å². The molecule has 0 aromatic heterocycles. The van der Waals surface area contributed by atoms with Crippen molar-refractivity contribution in [1.82, 2.24) is 5.32 Å². The van der Waals surface area contributed by atoms with E-state index in [0.29, 0.717) is 38.1 Å². The molecule has 2 N–H and O–H groups in total. The van der Waals surface area contributed by atoms with E-state index in [0.717, 1.165) is 0 Å². The fourth-order valence-electron chi connectivity index (χ4n) is 2.21. The molecule has 0 atom stereocenters. The second-order valence-corrected chi connectivity index (χ2v) is 4.65. The molecule has 0 aliphatic carbocycles. The third kappa shape index (κ3) is 2.78. The van der Waals surface area contributed by atoms with E-state index in [4.69, 9.17) is 4.74 Å². The monoisotopic (exact) mass is 288 g/mol. The Labute approximate surface area is 114 Å². The van der Waals surface area contributed by atoms with Crippen LogP contribution in [0.25, 0.3) is 0 Å². The SMILES string of the molecule is COC1(C(=O)Nc2cc(F)c(F)cc2F)CCNCC1. The smallest absolute Gasteiger partial charge is 0.256 e. The predicted molar refractivity (Wildman–Crippen MR) is 66.8 cm³/mol. The van der Waals surface area contributed by atoms with E-state index < -0.39 is 34.6 Å². The van der Waals surface area contributed by atoms with E-state index in [1.807, 2.05) is 0 Å². The number of carbonyl (C=O) groups excluding carboxylic acids is 1. The van der Waals surface area contributed by atoms with Gasteiger partial charge in [0.15, 0.2) is 11.6 Å². The number of nitrogens with one attached hydrogen (secondary N) is 2. The molecule has 1 aromatic rings. The summed E-state index contributed by atoms with van der Waals surface area (Å²) in [5.74, 6) is -4.12. The van der Waals surface area contributed by atoms with Crippen molar-refractivity contribution in [2.45, 2.75) is 18.4 Å². The number of halogens is 3. The number of amides is 1. The van der Waals surface area contributed by atoms with Gasteiger partial charge in [-0.1, -0.05) is 0 Å². The number of benzene rings is 1. The molecule has 1 fully saturated rings. The Bertz CT molecular complexity index is 517. The Morgan fingerprint density at radius 2 is 1.80 bits per heavy atom. The van der Waals surface area contributed by atoms with Gasteiger partial charge in [0.25, 0.3) is 5.91 Å². The van der Waals surface area contributed by atoms with Crippen LogP contribution in [0.1, 0.15) is 12.8 Å². The van der Waals surface area contributed by atoms with Gasteiger partial charge in [0.2, 0.25) is 0 Å². The summed E-state index contributed by atoms with van der Waals surface area (Å²) in [5.41, 5.74) is -1.48. The van der Waals surface area contributed by atoms with Crippen molar-refractivity contribution in [3.8, 4) is 0 Å².